The number of rotatable bonds is 5. The molecule has 0 aliphatic carbocycles. The van der Waals surface area contributed by atoms with Gasteiger partial charge in [-0.25, -0.2) is 9.07 Å². The van der Waals surface area contributed by atoms with Crippen molar-refractivity contribution in [3.8, 4) is 5.69 Å². The number of aromatic nitrogens is 2. The highest BCUT2D eigenvalue weighted by Crippen LogP contribution is 2.19. The number of carbonyl (C=O) groups excluding carboxylic acids is 1. The molecule has 1 N–H and O–H groups in total. The lowest BCUT2D eigenvalue weighted by Crippen LogP contribution is -2.15. The molecule has 2 aromatic carbocycles. The zero-order chi connectivity index (χ0) is 18.7. The smallest absolute Gasteiger partial charge is 0.256 e. The van der Waals surface area contributed by atoms with Crippen LogP contribution in [-0.2, 0) is 11.3 Å². The largest absolute Gasteiger partial charge is 0.380 e. The van der Waals surface area contributed by atoms with E-state index < -0.39 is 5.82 Å². The summed E-state index contributed by atoms with van der Waals surface area (Å²) in [6.07, 6.45) is 0. The lowest BCUT2D eigenvalue weighted by Gasteiger charge is -2.10. The van der Waals surface area contributed by atoms with Crippen LogP contribution >= 0.6 is 0 Å². The average Bonchev–Trinajstić information content (AvgIpc) is 2.98. The standard InChI is InChI=1S/C20H20FN3O2/c1-13-4-7-17(8-5-13)24-19(10-14(2)23-24)22-20(25)15-6-9-18(21)16(11-15)12-26-3/h4-11H,12H2,1-3H3,(H,22,25). The van der Waals surface area contributed by atoms with Crippen LogP contribution in [-0.4, -0.2) is 22.8 Å². The third-order valence-corrected chi connectivity index (χ3v) is 3.96. The van der Waals surface area contributed by atoms with Crippen molar-refractivity contribution in [2.75, 3.05) is 12.4 Å². The van der Waals surface area contributed by atoms with Crippen LogP contribution in [0.25, 0.3) is 5.69 Å². The van der Waals surface area contributed by atoms with Gasteiger partial charge in [0.15, 0.2) is 0 Å². The molecule has 5 nitrogen and oxygen atoms in total. The Balaban J connectivity index is 1.88. The highest BCUT2D eigenvalue weighted by Gasteiger charge is 2.14. The van der Waals surface area contributed by atoms with Crippen LogP contribution < -0.4 is 5.32 Å². The van der Waals surface area contributed by atoms with E-state index in [4.69, 9.17) is 4.74 Å². The number of halogens is 1. The van der Waals surface area contributed by atoms with Crippen molar-refractivity contribution in [3.05, 3.63) is 76.7 Å². The first-order chi connectivity index (χ1) is 12.5. The Morgan fingerprint density at radius 2 is 1.88 bits per heavy atom. The summed E-state index contributed by atoms with van der Waals surface area (Å²) in [5.41, 5.74) is 3.45. The SMILES string of the molecule is COCc1cc(C(=O)Nc2cc(C)nn2-c2ccc(C)cc2)ccc1F. The number of nitrogens with zero attached hydrogens (tertiary/aromatic N) is 2. The molecular weight excluding hydrogens is 333 g/mol. The number of aryl methyl sites for hydroxylation is 2. The van der Waals surface area contributed by atoms with Crippen molar-refractivity contribution in [2.24, 2.45) is 0 Å². The molecule has 0 saturated heterocycles. The monoisotopic (exact) mass is 353 g/mol. The van der Waals surface area contributed by atoms with Crippen molar-refractivity contribution in [3.63, 3.8) is 0 Å². The second-order valence-corrected chi connectivity index (χ2v) is 6.11. The Morgan fingerprint density at radius 1 is 1.15 bits per heavy atom. The Morgan fingerprint density at radius 3 is 2.58 bits per heavy atom. The molecule has 0 spiro atoms. The summed E-state index contributed by atoms with van der Waals surface area (Å²) in [7, 11) is 1.48. The molecule has 0 aliphatic rings. The Kier molecular flexibility index (Phi) is 5.14. The molecule has 1 amide bonds. The summed E-state index contributed by atoms with van der Waals surface area (Å²) in [6.45, 7) is 3.97. The minimum Gasteiger partial charge on any atom is -0.380 e. The van der Waals surface area contributed by atoms with Crippen LogP contribution in [0.5, 0.6) is 0 Å². The minimum absolute atomic E-state index is 0.105. The molecule has 0 bridgehead atoms. The highest BCUT2D eigenvalue weighted by atomic mass is 19.1. The molecule has 134 valence electrons. The first-order valence-corrected chi connectivity index (χ1v) is 8.20. The summed E-state index contributed by atoms with van der Waals surface area (Å²) >= 11 is 0. The van der Waals surface area contributed by atoms with E-state index >= 15 is 0 Å². The topological polar surface area (TPSA) is 56.1 Å². The molecule has 0 radical (unpaired) electrons. The average molecular weight is 353 g/mol. The fraction of sp³-hybridized carbons (Fsp3) is 0.200. The number of methoxy groups -OCH3 is 1. The van der Waals surface area contributed by atoms with Gasteiger partial charge >= 0.3 is 0 Å². The fourth-order valence-corrected chi connectivity index (χ4v) is 2.64. The van der Waals surface area contributed by atoms with Gasteiger partial charge in [0.25, 0.3) is 5.91 Å². The second kappa shape index (κ2) is 7.49. The number of amides is 1. The highest BCUT2D eigenvalue weighted by molar-refractivity contribution is 6.04. The van der Waals surface area contributed by atoms with Gasteiger partial charge in [0.1, 0.15) is 11.6 Å². The van der Waals surface area contributed by atoms with Gasteiger partial charge in [0, 0.05) is 24.3 Å². The lowest BCUT2D eigenvalue weighted by molar-refractivity contribution is 0.102. The summed E-state index contributed by atoms with van der Waals surface area (Å²) in [6, 6.07) is 13.8. The molecule has 26 heavy (non-hydrogen) atoms. The zero-order valence-electron chi connectivity index (χ0n) is 14.9. The predicted octanol–water partition coefficient (Wildman–Crippen LogP) is 4.03. The molecule has 0 saturated carbocycles. The molecule has 3 rings (SSSR count). The normalized spacial score (nSPS) is 10.8. The van der Waals surface area contributed by atoms with Gasteiger partial charge in [-0.2, -0.15) is 5.10 Å². The fourth-order valence-electron chi connectivity index (χ4n) is 2.64. The van der Waals surface area contributed by atoms with E-state index in [1.165, 1.54) is 25.3 Å². The number of carbonyl (C=O) groups is 1. The molecule has 0 unspecified atom stereocenters. The van der Waals surface area contributed by atoms with Crippen LogP contribution in [0.15, 0.2) is 48.5 Å². The summed E-state index contributed by atoms with van der Waals surface area (Å²) in [5, 5.41) is 7.29. The molecule has 0 fully saturated rings. The van der Waals surface area contributed by atoms with E-state index in [2.05, 4.69) is 10.4 Å². The van der Waals surface area contributed by atoms with Crippen molar-refractivity contribution in [2.45, 2.75) is 20.5 Å². The van der Waals surface area contributed by atoms with E-state index in [9.17, 15) is 9.18 Å². The van der Waals surface area contributed by atoms with E-state index in [0.717, 1.165) is 16.9 Å². The van der Waals surface area contributed by atoms with Gasteiger partial charge in [0.05, 0.1) is 18.0 Å². The van der Waals surface area contributed by atoms with Gasteiger partial charge in [-0.15, -0.1) is 0 Å². The maximum Gasteiger partial charge on any atom is 0.256 e. The van der Waals surface area contributed by atoms with Crippen LogP contribution in [0.3, 0.4) is 0 Å². The summed E-state index contributed by atoms with van der Waals surface area (Å²) in [4.78, 5) is 12.6. The molecule has 0 aliphatic heterocycles. The van der Waals surface area contributed by atoms with Crippen LogP contribution in [0.4, 0.5) is 10.2 Å². The summed E-state index contributed by atoms with van der Waals surface area (Å²) in [5.74, 6) is -0.187. The van der Waals surface area contributed by atoms with Crippen molar-refractivity contribution < 1.29 is 13.9 Å². The van der Waals surface area contributed by atoms with Gasteiger partial charge in [-0.3, -0.25) is 4.79 Å². The van der Waals surface area contributed by atoms with Crippen LogP contribution in [0.2, 0.25) is 0 Å². The quantitative estimate of drug-likeness (QED) is 0.753. The van der Waals surface area contributed by atoms with E-state index in [-0.39, 0.29) is 12.5 Å². The van der Waals surface area contributed by atoms with E-state index in [1.54, 1.807) is 10.7 Å². The Bertz CT molecular complexity index is 933. The third kappa shape index (κ3) is 3.81. The molecule has 1 aromatic heterocycles. The Labute approximate surface area is 151 Å². The zero-order valence-corrected chi connectivity index (χ0v) is 14.9. The number of anilines is 1. The van der Waals surface area contributed by atoms with Gasteiger partial charge < -0.3 is 10.1 Å². The maximum absolute atomic E-state index is 13.7. The Hall–Kier alpha value is -2.99. The molecular formula is C20H20FN3O2. The minimum atomic E-state index is -0.399. The van der Waals surface area contributed by atoms with Gasteiger partial charge in [-0.05, 0) is 44.2 Å². The number of benzene rings is 2. The van der Waals surface area contributed by atoms with E-state index in [1.807, 2.05) is 38.1 Å². The first-order valence-electron chi connectivity index (χ1n) is 8.20. The number of ether oxygens (including phenoxy) is 1. The van der Waals surface area contributed by atoms with Crippen molar-refractivity contribution in [1.82, 2.24) is 9.78 Å². The number of nitrogens with one attached hydrogen (secondary N) is 1. The predicted molar refractivity (Wildman–Crippen MR) is 98.1 cm³/mol. The van der Waals surface area contributed by atoms with Crippen molar-refractivity contribution in [1.29, 1.82) is 0 Å². The lowest BCUT2D eigenvalue weighted by atomic mass is 10.1. The first kappa shape index (κ1) is 17.8. The molecule has 0 atom stereocenters. The third-order valence-electron chi connectivity index (χ3n) is 3.96. The van der Waals surface area contributed by atoms with Gasteiger partial charge in [0.2, 0.25) is 0 Å². The summed E-state index contributed by atoms with van der Waals surface area (Å²) < 4.78 is 20.4. The maximum atomic E-state index is 13.7. The number of hydrogen-bond acceptors (Lipinski definition) is 3. The second-order valence-electron chi connectivity index (χ2n) is 6.11. The molecule has 6 heteroatoms. The van der Waals surface area contributed by atoms with E-state index in [0.29, 0.717) is 16.9 Å². The van der Waals surface area contributed by atoms with Gasteiger partial charge in [-0.1, -0.05) is 17.7 Å². The van der Waals surface area contributed by atoms with Crippen LogP contribution in [0.1, 0.15) is 27.2 Å². The van der Waals surface area contributed by atoms with Crippen LogP contribution in [0, 0.1) is 19.7 Å². The molecule has 1 heterocycles. The number of hydrogen-bond donors (Lipinski definition) is 1. The van der Waals surface area contributed by atoms with Crippen molar-refractivity contribution >= 4 is 11.7 Å². The molecule has 3 aromatic rings.